The van der Waals surface area contributed by atoms with Crippen LogP contribution in [-0.4, -0.2) is 0 Å². The van der Waals surface area contributed by atoms with Crippen LogP contribution in [0, 0.1) is 0 Å². The van der Waals surface area contributed by atoms with Crippen molar-refractivity contribution >= 4 is 60.5 Å². The molecule has 2 heteroatoms. The Kier molecular flexibility index (Phi) is 8.19. The van der Waals surface area contributed by atoms with E-state index in [0.717, 1.165) is 55.7 Å². The summed E-state index contributed by atoms with van der Waals surface area (Å²) in [6.07, 6.45) is 0. The van der Waals surface area contributed by atoms with E-state index in [1.807, 2.05) is 12.1 Å². The van der Waals surface area contributed by atoms with Crippen molar-refractivity contribution in [1.82, 2.24) is 0 Å². The van der Waals surface area contributed by atoms with Gasteiger partial charge < -0.3 is 9.32 Å². The van der Waals surface area contributed by atoms with Crippen LogP contribution >= 0.6 is 0 Å². The lowest BCUT2D eigenvalue weighted by atomic mass is 9.90. The number of furan rings is 1. The first-order chi connectivity index (χ1) is 28.8. The molecule has 11 rings (SSSR count). The maximum absolute atomic E-state index is 6.15. The zero-order chi connectivity index (χ0) is 38.4. The van der Waals surface area contributed by atoms with E-state index in [1.165, 1.54) is 49.4 Å². The third kappa shape index (κ3) is 5.82. The molecule has 1 heterocycles. The molecule has 0 amide bonds. The molecule has 2 nitrogen and oxygen atoms in total. The second-order valence-corrected chi connectivity index (χ2v) is 14.9. The van der Waals surface area contributed by atoms with E-state index in [4.69, 9.17) is 4.42 Å². The smallest absolute Gasteiger partial charge is 0.135 e. The summed E-state index contributed by atoms with van der Waals surface area (Å²) in [6, 6.07) is 80.8. The van der Waals surface area contributed by atoms with Crippen LogP contribution in [0.1, 0.15) is 0 Å². The minimum atomic E-state index is 0.903. The second-order valence-electron chi connectivity index (χ2n) is 14.9. The molecule has 0 atom stereocenters. The van der Waals surface area contributed by atoms with Crippen molar-refractivity contribution in [3.63, 3.8) is 0 Å². The topological polar surface area (TPSA) is 16.4 Å². The van der Waals surface area contributed by atoms with E-state index in [2.05, 4.69) is 217 Å². The Labute approximate surface area is 337 Å². The van der Waals surface area contributed by atoms with Gasteiger partial charge in [-0.25, -0.2) is 0 Å². The van der Waals surface area contributed by atoms with Gasteiger partial charge >= 0.3 is 0 Å². The van der Waals surface area contributed by atoms with E-state index in [9.17, 15) is 0 Å². The third-order valence-electron chi connectivity index (χ3n) is 11.5. The summed E-state index contributed by atoms with van der Waals surface area (Å²) < 4.78 is 6.15. The molecule has 0 aliphatic rings. The molecule has 1 aromatic heterocycles. The molecule has 0 radical (unpaired) electrons. The van der Waals surface area contributed by atoms with Crippen LogP contribution in [0.2, 0.25) is 0 Å². The monoisotopic (exact) mass is 739 g/mol. The molecule has 0 unspecified atom stereocenters. The van der Waals surface area contributed by atoms with Gasteiger partial charge in [-0.05, 0) is 109 Å². The van der Waals surface area contributed by atoms with E-state index in [-0.39, 0.29) is 0 Å². The molecule has 0 spiro atoms. The number of hydrogen-bond donors (Lipinski definition) is 0. The van der Waals surface area contributed by atoms with Crippen molar-refractivity contribution in [2.75, 3.05) is 4.90 Å². The molecule has 11 aromatic rings. The second kappa shape index (κ2) is 14.1. The number of benzene rings is 10. The number of para-hydroxylation sites is 2. The van der Waals surface area contributed by atoms with Crippen LogP contribution in [0.3, 0.4) is 0 Å². The highest BCUT2D eigenvalue weighted by Gasteiger charge is 2.20. The van der Waals surface area contributed by atoms with Crippen molar-refractivity contribution in [2.24, 2.45) is 0 Å². The fourth-order valence-electron chi connectivity index (χ4n) is 8.72. The average Bonchev–Trinajstić information content (AvgIpc) is 3.68. The lowest BCUT2D eigenvalue weighted by molar-refractivity contribution is 0.669. The molecule has 0 aliphatic heterocycles. The Morgan fingerprint density at radius 3 is 1.62 bits per heavy atom. The summed E-state index contributed by atoms with van der Waals surface area (Å²) in [4.78, 5) is 2.41. The van der Waals surface area contributed by atoms with E-state index in [0.29, 0.717) is 0 Å². The van der Waals surface area contributed by atoms with Gasteiger partial charge in [0, 0.05) is 27.7 Å². The van der Waals surface area contributed by atoms with Gasteiger partial charge in [0.2, 0.25) is 0 Å². The minimum Gasteiger partial charge on any atom is -0.456 e. The first-order valence-electron chi connectivity index (χ1n) is 19.8. The summed E-state index contributed by atoms with van der Waals surface area (Å²) >= 11 is 0. The average molecular weight is 740 g/mol. The molecule has 0 saturated heterocycles. The molecule has 0 saturated carbocycles. The number of hydrogen-bond acceptors (Lipinski definition) is 2. The van der Waals surface area contributed by atoms with Gasteiger partial charge in [-0.15, -0.1) is 0 Å². The van der Waals surface area contributed by atoms with Crippen LogP contribution in [0.4, 0.5) is 17.1 Å². The van der Waals surface area contributed by atoms with Crippen LogP contribution < -0.4 is 4.90 Å². The predicted octanol–water partition coefficient (Wildman–Crippen LogP) is 16.0. The summed E-state index contributed by atoms with van der Waals surface area (Å²) in [5.74, 6) is 0. The Balaban J connectivity index is 1.07. The largest absolute Gasteiger partial charge is 0.456 e. The Bertz CT molecular complexity index is 3260. The zero-order valence-corrected chi connectivity index (χ0v) is 31.7. The van der Waals surface area contributed by atoms with E-state index >= 15 is 0 Å². The highest BCUT2D eigenvalue weighted by molar-refractivity contribution is 6.09. The highest BCUT2D eigenvalue weighted by atomic mass is 16.3. The van der Waals surface area contributed by atoms with Gasteiger partial charge in [0.15, 0.2) is 0 Å². The maximum Gasteiger partial charge on any atom is 0.135 e. The Morgan fingerprint density at radius 2 is 0.828 bits per heavy atom. The number of anilines is 3. The van der Waals surface area contributed by atoms with Gasteiger partial charge in [0.25, 0.3) is 0 Å². The van der Waals surface area contributed by atoms with Crippen LogP contribution in [0.5, 0.6) is 0 Å². The SMILES string of the molecule is c1ccc(-c2cccc3cccc(-c4ccccc4N(c4ccc(-c5ccc6oc7ccccc7c6c5)cc4)c4ccc(-c5cccc6ccccc56)cc4)c23)cc1. The number of nitrogens with zero attached hydrogens (tertiary/aromatic N) is 1. The fourth-order valence-corrected chi connectivity index (χ4v) is 8.72. The molecule has 10 aromatic carbocycles. The quantitative estimate of drug-likeness (QED) is 0.162. The first kappa shape index (κ1) is 33.6. The first-order valence-corrected chi connectivity index (χ1v) is 19.8. The minimum absolute atomic E-state index is 0.903. The maximum atomic E-state index is 6.15. The van der Waals surface area contributed by atoms with E-state index < -0.39 is 0 Å². The van der Waals surface area contributed by atoms with Crippen LogP contribution in [0.25, 0.3) is 88.0 Å². The predicted molar refractivity (Wildman–Crippen MR) is 245 cm³/mol. The summed E-state index contributed by atoms with van der Waals surface area (Å²) in [5, 5.41) is 7.21. The van der Waals surface area contributed by atoms with E-state index in [1.54, 1.807) is 0 Å². The molecular weight excluding hydrogens is 703 g/mol. The highest BCUT2D eigenvalue weighted by Crippen LogP contribution is 2.45. The molecule has 272 valence electrons. The molecule has 0 N–H and O–H groups in total. The van der Waals surface area contributed by atoms with Crippen molar-refractivity contribution in [2.45, 2.75) is 0 Å². The Morgan fingerprint density at radius 1 is 0.293 bits per heavy atom. The van der Waals surface area contributed by atoms with Crippen molar-refractivity contribution < 1.29 is 4.42 Å². The summed E-state index contributed by atoms with van der Waals surface area (Å²) in [6.45, 7) is 0. The Hall–Kier alpha value is -7.68. The van der Waals surface area contributed by atoms with Gasteiger partial charge in [0.05, 0.1) is 5.69 Å². The molecular formula is C56H37NO. The van der Waals surface area contributed by atoms with Gasteiger partial charge in [-0.2, -0.15) is 0 Å². The number of fused-ring (bicyclic) bond motifs is 5. The summed E-state index contributed by atoms with van der Waals surface area (Å²) in [7, 11) is 0. The standard InChI is InChI=1S/C56H37NO/c1-2-13-40(14-3-1)48-23-11-17-42-18-12-24-51(56(42)48)49-20-6-8-25-53(49)57(45-34-29-41(30-35-45)47-22-10-16-39-15-4-5-19-46(39)47)44-32-27-38(28-33-44)43-31-36-55-52(37-43)50-21-7-9-26-54(50)58-55/h1-37H. The van der Waals surface area contributed by atoms with Crippen molar-refractivity contribution in [3.05, 3.63) is 224 Å². The molecule has 0 bridgehead atoms. The van der Waals surface area contributed by atoms with Crippen molar-refractivity contribution in [3.8, 4) is 44.5 Å². The van der Waals surface area contributed by atoms with Gasteiger partial charge in [-0.1, -0.05) is 176 Å². The molecule has 0 aliphatic carbocycles. The lowest BCUT2D eigenvalue weighted by Crippen LogP contribution is -2.11. The van der Waals surface area contributed by atoms with Crippen molar-refractivity contribution in [1.29, 1.82) is 0 Å². The van der Waals surface area contributed by atoms with Gasteiger partial charge in [-0.3, -0.25) is 0 Å². The van der Waals surface area contributed by atoms with Crippen LogP contribution in [0.15, 0.2) is 229 Å². The van der Waals surface area contributed by atoms with Gasteiger partial charge in [0.1, 0.15) is 11.2 Å². The molecule has 0 fully saturated rings. The summed E-state index contributed by atoms with van der Waals surface area (Å²) in [5.41, 5.74) is 14.6. The lowest BCUT2D eigenvalue weighted by Gasteiger charge is -2.29. The number of rotatable bonds is 7. The third-order valence-corrected chi connectivity index (χ3v) is 11.5. The normalized spacial score (nSPS) is 11.4. The molecule has 58 heavy (non-hydrogen) atoms. The fraction of sp³-hybridized carbons (Fsp3) is 0. The van der Waals surface area contributed by atoms with Crippen LogP contribution in [-0.2, 0) is 0 Å². The zero-order valence-electron chi connectivity index (χ0n) is 31.7.